The molecule has 2 rings (SSSR count). The van der Waals surface area contributed by atoms with Gasteiger partial charge in [-0.25, -0.2) is 4.79 Å². The minimum Gasteiger partial charge on any atom is -0.465 e. The van der Waals surface area contributed by atoms with E-state index in [-0.39, 0.29) is 5.97 Å². The Balaban J connectivity index is 2.06. The molecule has 1 aliphatic heterocycles. The number of nitrogens with one attached hydrogen (secondary N) is 1. The summed E-state index contributed by atoms with van der Waals surface area (Å²) in [5.41, 5.74) is 1.82. The van der Waals surface area contributed by atoms with E-state index >= 15 is 0 Å². The quantitative estimate of drug-likeness (QED) is 0.838. The molecule has 1 aliphatic rings. The maximum Gasteiger partial charge on any atom is 0.337 e. The van der Waals surface area contributed by atoms with Crippen molar-refractivity contribution >= 4 is 17.7 Å². The molecule has 2 unspecified atom stereocenters. The van der Waals surface area contributed by atoms with Gasteiger partial charge < -0.3 is 4.74 Å². The number of esters is 1. The molecule has 1 aromatic rings. The van der Waals surface area contributed by atoms with Crippen molar-refractivity contribution in [1.29, 1.82) is 0 Å². The maximum absolute atomic E-state index is 11.3. The number of ether oxygens (including phenoxy) is 1. The fourth-order valence-electron chi connectivity index (χ4n) is 1.86. The zero-order valence-electron chi connectivity index (χ0n) is 10.1. The maximum atomic E-state index is 11.3. The molecule has 0 spiro atoms. The van der Waals surface area contributed by atoms with Gasteiger partial charge in [-0.15, -0.1) is 11.8 Å². The molecule has 4 heteroatoms. The molecule has 1 heterocycles. The van der Waals surface area contributed by atoms with Crippen LogP contribution in [0.2, 0.25) is 0 Å². The molecule has 2 atom stereocenters. The lowest BCUT2D eigenvalue weighted by Crippen LogP contribution is -2.24. The minimum atomic E-state index is -0.282. The summed E-state index contributed by atoms with van der Waals surface area (Å²) in [5.74, 6) is 0.870. The second-order valence-corrected chi connectivity index (χ2v) is 5.24. The van der Waals surface area contributed by atoms with E-state index in [2.05, 4.69) is 17.0 Å². The fourth-order valence-corrected chi connectivity index (χ4v) is 3.26. The van der Waals surface area contributed by atoms with Crippen molar-refractivity contribution < 1.29 is 9.53 Å². The predicted octanol–water partition coefficient (Wildman–Crippen LogP) is 2.59. The number of methoxy groups -OCH3 is 1. The summed E-state index contributed by atoms with van der Waals surface area (Å²) in [7, 11) is 1.40. The van der Waals surface area contributed by atoms with Gasteiger partial charge in [0.2, 0.25) is 0 Å². The predicted molar refractivity (Wildman–Crippen MR) is 70.2 cm³/mol. The number of carbonyl (C=O) groups is 1. The van der Waals surface area contributed by atoms with E-state index in [4.69, 9.17) is 0 Å². The molecule has 0 amide bonds. The van der Waals surface area contributed by atoms with Gasteiger partial charge in [-0.3, -0.25) is 5.32 Å². The summed E-state index contributed by atoms with van der Waals surface area (Å²) in [4.78, 5) is 11.3. The van der Waals surface area contributed by atoms with Gasteiger partial charge in [-0.1, -0.05) is 19.1 Å². The van der Waals surface area contributed by atoms with Crippen LogP contribution in [0, 0.1) is 0 Å². The highest BCUT2D eigenvalue weighted by molar-refractivity contribution is 7.99. The lowest BCUT2D eigenvalue weighted by molar-refractivity contribution is 0.0600. The van der Waals surface area contributed by atoms with Gasteiger partial charge in [0.1, 0.15) is 0 Å². The monoisotopic (exact) mass is 251 g/mol. The second-order valence-electron chi connectivity index (χ2n) is 4.10. The summed E-state index contributed by atoms with van der Waals surface area (Å²) >= 11 is 1.92. The van der Waals surface area contributed by atoms with E-state index in [1.54, 1.807) is 0 Å². The van der Waals surface area contributed by atoms with Crippen molar-refractivity contribution in [3.63, 3.8) is 0 Å². The molecule has 0 aliphatic carbocycles. The highest BCUT2D eigenvalue weighted by Gasteiger charge is 2.24. The van der Waals surface area contributed by atoms with Gasteiger partial charge in [0, 0.05) is 11.8 Å². The number of rotatable bonds is 3. The first-order chi connectivity index (χ1) is 8.24. The third kappa shape index (κ3) is 2.82. The second kappa shape index (κ2) is 5.56. The first-order valence-electron chi connectivity index (χ1n) is 5.80. The molecule has 1 aromatic carbocycles. The zero-order valence-corrected chi connectivity index (χ0v) is 10.9. The van der Waals surface area contributed by atoms with Crippen LogP contribution in [0.3, 0.4) is 0 Å². The Labute approximate surface area is 106 Å². The zero-order chi connectivity index (χ0) is 12.3. The molecule has 1 N–H and O–H groups in total. The Kier molecular flexibility index (Phi) is 4.07. The Hall–Kier alpha value is -1.00. The standard InChI is InChI=1S/C13H17NO2S/c1-3-11-8-17-12(14-11)9-4-6-10(7-5-9)13(15)16-2/h4-7,11-12,14H,3,8H2,1-2H3. The number of benzene rings is 1. The summed E-state index contributed by atoms with van der Waals surface area (Å²) in [6.07, 6.45) is 1.16. The Morgan fingerprint density at radius 3 is 2.71 bits per heavy atom. The minimum absolute atomic E-state index is 0.282. The van der Waals surface area contributed by atoms with Crippen LogP contribution < -0.4 is 5.32 Å². The number of hydrogen-bond acceptors (Lipinski definition) is 4. The molecule has 1 saturated heterocycles. The average Bonchev–Trinajstić information content (AvgIpc) is 2.87. The van der Waals surface area contributed by atoms with Gasteiger partial charge in [-0.05, 0) is 24.1 Å². The van der Waals surface area contributed by atoms with Crippen molar-refractivity contribution in [2.45, 2.75) is 24.8 Å². The Morgan fingerprint density at radius 1 is 1.47 bits per heavy atom. The SMILES string of the molecule is CCC1CSC(c2ccc(C(=O)OC)cc2)N1. The molecule has 92 valence electrons. The van der Waals surface area contributed by atoms with Crippen molar-refractivity contribution in [3.8, 4) is 0 Å². The van der Waals surface area contributed by atoms with E-state index in [0.717, 1.165) is 12.2 Å². The van der Waals surface area contributed by atoms with Crippen molar-refractivity contribution in [3.05, 3.63) is 35.4 Å². The van der Waals surface area contributed by atoms with Gasteiger partial charge in [0.15, 0.2) is 0 Å². The van der Waals surface area contributed by atoms with Gasteiger partial charge >= 0.3 is 5.97 Å². The summed E-state index contributed by atoms with van der Waals surface area (Å²) in [6, 6.07) is 8.24. The fraction of sp³-hybridized carbons (Fsp3) is 0.462. The molecule has 0 radical (unpaired) electrons. The van der Waals surface area contributed by atoms with E-state index in [0.29, 0.717) is 17.0 Å². The van der Waals surface area contributed by atoms with E-state index in [9.17, 15) is 4.79 Å². The molecule has 0 saturated carbocycles. The van der Waals surface area contributed by atoms with Gasteiger partial charge in [0.05, 0.1) is 18.0 Å². The molecule has 0 aromatic heterocycles. The molecule has 1 fully saturated rings. The van der Waals surface area contributed by atoms with E-state index < -0.39 is 0 Å². The average molecular weight is 251 g/mol. The van der Waals surface area contributed by atoms with Crippen molar-refractivity contribution in [2.24, 2.45) is 0 Å². The first-order valence-corrected chi connectivity index (χ1v) is 6.85. The normalized spacial score (nSPS) is 23.6. The van der Waals surface area contributed by atoms with Crippen LogP contribution in [0.25, 0.3) is 0 Å². The lowest BCUT2D eigenvalue weighted by atomic mass is 10.1. The van der Waals surface area contributed by atoms with Crippen LogP contribution in [0.15, 0.2) is 24.3 Å². The largest absolute Gasteiger partial charge is 0.465 e. The van der Waals surface area contributed by atoms with Crippen LogP contribution >= 0.6 is 11.8 Å². The first kappa shape index (κ1) is 12.5. The van der Waals surface area contributed by atoms with Crippen molar-refractivity contribution in [1.82, 2.24) is 5.32 Å². The number of thioether (sulfide) groups is 1. The highest BCUT2D eigenvalue weighted by Crippen LogP contribution is 2.33. The molecule has 3 nitrogen and oxygen atoms in total. The van der Waals surface area contributed by atoms with Crippen LogP contribution in [0.1, 0.15) is 34.6 Å². The summed E-state index contributed by atoms with van der Waals surface area (Å²) in [5, 5.41) is 3.92. The smallest absolute Gasteiger partial charge is 0.337 e. The lowest BCUT2D eigenvalue weighted by Gasteiger charge is -2.12. The van der Waals surface area contributed by atoms with E-state index in [1.165, 1.54) is 12.7 Å². The Morgan fingerprint density at radius 2 is 2.18 bits per heavy atom. The molecular weight excluding hydrogens is 234 g/mol. The number of carbonyl (C=O) groups excluding carboxylic acids is 1. The number of hydrogen-bond donors (Lipinski definition) is 1. The third-order valence-corrected chi connectivity index (χ3v) is 4.31. The molecule has 0 bridgehead atoms. The van der Waals surface area contributed by atoms with Gasteiger partial charge in [-0.2, -0.15) is 0 Å². The topological polar surface area (TPSA) is 38.3 Å². The molecular formula is C13H17NO2S. The van der Waals surface area contributed by atoms with Crippen LogP contribution in [-0.2, 0) is 4.74 Å². The Bertz CT molecular complexity index is 391. The third-order valence-electron chi connectivity index (χ3n) is 2.98. The van der Waals surface area contributed by atoms with Crippen LogP contribution in [0.5, 0.6) is 0 Å². The van der Waals surface area contributed by atoms with E-state index in [1.807, 2.05) is 36.0 Å². The summed E-state index contributed by atoms with van der Waals surface area (Å²) in [6.45, 7) is 2.20. The molecule has 17 heavy (non-hydrogen) atoms. The highest BCUT2D eigenvalue weighted by atomic mass is 32.2. The van der Waals surface area contributed by atoms with Crippen LogP contribution in [0.4, 0.5) is 0 Å². The van der Waals surface area contributed by atoms with Gasteiger partial charge in [0.25, 0.3) is 0 Å². The van der Waals surface area contributed by atoms with Crippen LogP contribution in [-0.4, -0.2) is 24.9 Å². The summed E-state index contributed by atoms with van der Waals surface area (Å²) < 4.78 is 4.68. The van der Waals surface area contributed by atoms with Crippen molar-refractivity contribution in [2.75, 3.05) is 12.9 Å².